The van der Waals surface area contributed by atoms with E-state index in [1.165, 1.54) is 30.4 Å². The van der Waals surface area contributed by atoms with Crippen LogP contribution in [0.25, 0.3) is 0 Å². The van der Waals surface area contributed by atoms with Gasteiger partial charge in [-0.25, -0.2) is 0 Å². The lowest BCUT2D eigenvalue weighted by atomic mass is 9.75. The summed E-state index contributed by atoms with van der Waals surface area (Å²) in [6, 6.07) is 17.1. The Balaban J connectivity index is 1.38. The number of aryl methyl sites for hydroxylation is 1. The van der Waals surface area contributed by atoms with E-state index in [9.17, 15) is 9.59 Å². The molecule has 0 saturated carbocycles. The Hall–Kier alpha value is -2.66. The summed E-state index contributed by atoms with van der Waals surface area (Å²) in [5, 5.41) is 2.70. The highest BCUT2D eigenvalue weighted by Crippen LogP contribution is 2.47. The highest BCUT2D eigenvalue weighted by molar-refractivity contribution is 6.10. The van der Waals surface area contributed by atoms with E-state index >= 15 is 0 Å². The summed E-state index contributed by atoms with van der Waals surface area (Å²) in [6.45, 7) is 6.29. The molecule has 5 heteroatoms. The first-order chi connectivity index (χ1) is 15.9. The van der Waals surface area contributed by atoms with E-state index < -0.39 is 5.41 Å². The van der Waals surface area contributed by atoms with E-state index in [0.717, 1.165) is 37.2 Å². The van der Waals surface area contributed by atoms with E-state index in [4.69, 9.17) is 0 Å². The quantitative estimate of drug-likeness (QED) is 0.770. The fourth-order valence-corrected chi connectivity index (χ4v) is 6.55. The van der Waals surface area contributed by atoms with Crippen molar-refractivity contribution in [3.05, 3.63) is 65.2 Å². The Morgan fingerprint density at radius 1 is 1.03 bits per heavy atom. The van der Waals surface area contributed by atoms with Crippen LogP contribution in [0.2, 0.25) is 0 Å². The largest absolute Gasteiger partial charge is 0.359 e. The number of nitrogens with one attached hydrogen (secondary N) is 1. The number of hydrogen-bond donors (Lipinski definition) is 1. The molecule has 0 bridgehead atoms. The topological polar surface area (TPSA) is 52.7 Å². The highest BCUT2D eigenvalue weighted by Gasteiger charge is 2.51. The van der Waals surface area contributed by atoms with Gasteiger partial charge in [0.2, 0.25) is 11.8 Å². The third-order valence-corrected chi connectivity index (χ3v) is 8.48. The maximum absolute atomic E-state index is 13.8. The van der Waals surface area contributed by atoms with E-state index in [0.29, 0.717) is 0 Å². The Labute approximate surface area is 197 Å². The third kappa shape index (κ3) is 3.48. The number of anilines is 1. The van der Waals surface area contributed by atoms with Crippen LogP contribution in [0.5, 0.6) is 0 Å². The van der Waals surface area contributed by atoms with Crippen molar-refractivity contribution >= 4 is 17.5 Å². The SMILES string of the molecule is CNC(=O)C[C@]1(C)C(=O)N(C2CCN([C@@]3(C)CCCc4ccccc43)CC2)c2ccccc21. The first-order valence-corrected chi connectivity index (χ1v) is 12.4. The smallest absolute Gasteiger partial charge is 0.238 e. The Kier molecular flexibility index (Phi) is 5.56. The Morgan fingerprint density at radius 3 is 2.42 bits per heavy atom. The zero-order valence-corrected chi connectivity index (χ0v) is 20.1. The molecule has 2 aliphatic heterocycles. The lowest BCUT2D eigenvalue weighted by Gasteiger charge is -2.49. The number of amides is 2. The molecule has 0 aromatic heterocycles. The van der Waals surface area contributed by atoms with Crippen LogP contribution in [0, 0.1) is 0 Å². The van der Waals surface area contributed by atoms with Crippen LogP contribution in [0.1, 0.15) is 62.6 Å². The van der Waals surface area contributed by atoms with Gasteiger partial charge in [-0.1, -0.05) is 42.5 Å². The van der Waals surface area contributed by atoms with Crippen molar-refractivity contribution in [1.29, 1.82) is 0 Å². The van der Waals surface area contributed by atoms with Gasteiger partial charge in [0.25, 0.3) is 0 Å². The van der Waals surface area contributed by atoms with Gasteiger partial charge < -0.3 is 10.2 Å². The molecular formula is C28H35N3O2. The van der Waals surface area contributed by atoms with Gasteiger partial charge in [0.05, 0.1) is 5.41 Å². The van der Waals surface area contributed by atoms with Gasteiger partial charge in [-0.3, -0.25) is 14.5 Å². The second kappa shape index (κ2) is 8.28. The molecule has 2 aromatic carbocycles. The van der Waals surface area contributed by atoms with E-state index in [2.05, 4.69) is 41.4 Å². The molecule has 0 spiro atoms. The van der Waals surface area contributed by atoms with E-state index in [1.54, 1.807) is 7.05 Å². The molecule has 5 rings (SSSR count). The van der Waals surface area contributed by atoms with Crippen LogP contribution in [0.3, 0.4) is 0 Å². The van der Waals surface area contributed by atoms with Gasteiger partial charge in [0.15, 0.2) is 0 Å². The van der Waals surface area contributed by atoms with E-state index in [-0.39, 0.29) is 29.8 Å². The van der Waals surface area contributed by atoms with Crippen LogP contribution < -0.4 is 10.2 Å². The molecule has 2 amide bonds. The number of carbonyl (C=O) groups excluding carboxylic acids is 2. The molecule has 2 heterocycles. The van der Waals surface area contributed by atoms with Crippen molar-refractivity contribution in [2.45, 2.75) is 69.4 Å². The normalized spacial score (nSPS) is 27.8. The Bertz CT molecular complexity index is 1070. The zero-order valence-electron chi connectivity index (χ0n) is 20.1. The molecule has 1 aliphatic carbocycles. The number of benzene rings is 2. The van der Waals surface area contributed by atoms with Crippen LogP contribution in [-0.2, 0) is 27.0 Å². The molecule has 33 heavy (non-hydrogen) atoms. The van der Waals surface area contributed by atoms with Crippen molar-refractivity contribution in [3.63, 3.8) is 0 Å². The maximum atomic E-state index is 13.8. The van der Waals surface area contributed by atoms with Crippen molar-refractivity contribution in [2.75, 3.05) is 25.0 Å². The number of fused-ring (bicyclic) bond motifs is 2. The number of nitrogens with zero attached hydrogens (tertiary/aromatic N) is 2. The highest BCUT2D eigenvalue weighted by atomic mass is 16.2. The van der Waals surface area contributed by atoms with Gasteiger partial charge in [0.1, 0.15) is 0 Å². The summed E-state index contributed by atoms with van der Waals surface area (Å²) in [5.74, 6) is -0.0267. The third-order valence-electron chi connectivity index (χ3n) is 8.48. The fourth-order valence-electron chi connectivity index (χ4n) is 6.55. The number of para-hydroxylation sites is 1. The molecule has 0 unspecified atom stereocenters. The summed E-state index contributed by atoms with van der Waals surface area (Å²) >= 11 is 0. The molecule has 1 fully saturated rings. The fraction of sp³-hybridized carbons (Fsp3) is 0.500. The van der Waals surface area contributed by atoms with Crippen molar-refractivity contribution in [1.82, 2.24) is 10.2 Å². The average Bonchev–Trinajstić information content (AvgIpc) is 3.06. The zero-order chi connectivity index (χ0) is 23.2. The number of carbonyl (C=O) groups is 2. The van der Waals surface area contributed by atoms with Gasteiger partial charge >= 0.3 is 0 Å². The maximum Gasteiger partial charge on any atom is 0.238 e. The minimum absolute atomic E-state index is 0.0694. The lowest BCUT2D eigenvalue weighted by Crippen LogP contribution is -2.54. The number of likely N-dealkylation sites (tertiary alicyclic amines) is 1. The van der Waals surface area contributed by atoms with Crippen molar-refractivity contribution in [2.24, 2.45) is 0 Å². The van der Waals surface area contributed by atoms with Crippen LogP contribution in [-0.4, -0.2) is 42.9 Å². The molecule has 3 aliphatic rings. The van der Waals surface area contributed by atoms with Crippen LogP contribution in [0.15, 0.2) is 48.5 Å². The van der Waals surface area contributed by atoms with E-state index in [1.807, 2.05) is 36.1 Å². The minimum Gasteiger partial charge on any atom is -0.359 e. The Morgan fingerprint density at radius 2 is 1.70 bits per heavy atom. The molecule has 2 aromatic rings. The molecular weight excluding hydrogens is 410 g/mol. The van der Waals surface area contributed by atoms with Gasteiger partial charge in [-0.2, -0.15) is 0 Å². The molecule has 2 atom stereocenters. The van der Waals surface area contributed by atoms with Gasteiger partial charge in [0, 0.05) is 43.8 Å². The number of hydrogen-bond acceptors (Lipinski definition) is 3. The van der Waals surface area contributed by atoms with Crippen LogP contribution in [0.4, 0.5) is 5.69 Å². The summed E-state index contributed by atoms with van der Waals surface area (Å²) in [7, 11) is 1.63. The van der Waals surface area contributed by atoms with Crippen molar-refractivity contribution < 1.29 is 9.59 Å². The number of piperidine rings is 1. The monoisotopic (exact) mass is 445 g/mol. The first kappa shape index (κ1) is 22.1. The predicted octanol–water partition coefficient (Wildman–Crippen LogP) is 4.14. The second-order valence-electron chi connectivity index (χ2n) is 10.4. The first-order valence-electron chi connectivity index (χ1n) is 12.4. The van der Waals surface area contributed by atoms with Gasteiger partial charge in [-0.15, -0.1) is 0 Å². The second-order valence-corrected chi connectivity index (χ2v) is 10.4. The minimum atomic E-state index is -0.803. The summed E-state index contributed by atoms with van der Waals surface area (Å²) in [6.07, 6.45) is 5.67. The molecule has 1 saturated heterocycles. The molecule has 0 radical (unpaired) electrons. The standard InChI is InChI=1S/C28H35N3O2/c1-27(19-25(32)29-3)23-12-6-7-13-24(23)31(26(27)33)21-14-17-30(18-15-21)28(2)16-8-10-20-9-4-5-11-22(20)28/h4-7,9,11-13,21H,8,10,14-19H2,1-3H3,(H,29,32)/t27-,28-/m0/s1. The molecule has 174 valence electrons. The lowest BCUT2D eigenvalue weighted by molar-refractivity contribution is -0.129. The molecule has 5 nitrogen and oxygen atoms in total. The number of rotatable bonds is 4. The summed E-state index contributed by atoms with van der Waals surface area (Å²) in [4.78, 5) is 30.7. The predicted molar refractivity (Wildman–Crippen MR) is 131 cm³/mol. The van der Waals surface area contributed by atoms with Crippen LogP contribution >= 0.6 is 0 Å². The van der Waals surface area contributed by atoms with Gasteiger partial charge in [-0.05, 0) is 68.7 Å². The summed E-state index contributed by atoms with van der Waals surface area (Å²) in [5.41, 5.74) is 4.20. The average molecular weight is 446 g/mol. The molecule has 1 N–H and O–H groups in total. The van der Waals surface area contributed by atoms with Crippen molar-refractivity contribution in [3.8, 4) is 0 Å². The summed E-state index contributed by atoms with van der Waals surface area (Å²) < 4.78 is 0.